The predicted octanol–water partition coefficient (Wildman–Crippen LogP) is 4.76. The van der Waals surface area contributed by atoms with Gasteiger partial charge in [0, 0.05) is 4.88 Å². The summed E-state index contributed by atoms with van der Waals surface area (Å²) in [6.45, 7) is 1.94. The lowest BCUT2D eigenvalue weighted by molar-refractivity contribution is -0.118. The number of hydrazone groups is 1. The minimum atomic E-state index is -0.282. The second-order valence-electron chi connectivity index (χ2n) is 6.56. The van der Waals surface area contributed by atoms with Gasteiger partial charge in [0.05, 0.1) is 32.3 Å². The van der Waals surface area contributed by atoms with Crippen molar-refractivity contribution in [2.24, 2.45) is 5.10 Å². The highest BCUT2D eigenvalue weighted by Gasteiger charge is 2.15. The van der Waals surface area contributed by atoms with Crippen molar-refractivity contribution in [3.8, 4) is 5.69 Å². The van der Waals surface area contributed by atoms with Crippen LogP contribution < -0.4 is 11.0 Å². The van der Waals surface area contributed by atoms with E-state index in [1.165, 1.54) is 23.1 Å². The summed E-state index contributed by atoms with van der Waals surface area (Å²) in [5, 5.41) is 4.98. The molecule has 1 amide bonds. The lowest BCUT2D eigenvalue weighted by Gasteiger charge is -2.14. The second-order valence-corrected chi connectivity index (χ2v) is 10.00. The number of carbonyl (C=O) groups is 1. The maximum absolute atomic E-state index is 13.3. The van der Waals surface area contributed by atoms with E-state index in [1.54, 1.807) is 22.9 Å². The first-order chi connectivity index (χ1) is 15.0. The summed E-state index contributed by atoms with van der Waals surface area (Å²) in [6, 6.07) is 18.6. The number of para-hydroxylation sites is 2. The number of fused-ring (bicyclic) bond motifs is 1. The molecule has 0 unspecified atom stereocenters. The Kier molecular flexibility index (Phi) is 6.64. The summed E-state index contributed by atoms with van der Waals surface area (Å²) in [7, 11) is 0. The van der Waals surface area contributed by atoms with Crippen LogP contribution in [-0.2, 0) is 4.79 Å². The third-order valence-corrected chi connectivity index (χ3v) is 6.91. The Labute approximate surface area is 195 Å². The standard InChI is InChI=1S/C22H17BrN4O2S2/c1-14-6-2-5-9-18(14)27-21(29)16-7-3-4-8-17(16)25-22(27)30-13-20(28)26-24-12-15-10-11-19(23)31-15/h2-12H,13H2,1H3,(H,26,28)/b24-12-. The number of carbonyl (C=O) groups excluding carboxylic acids is 1. The molecule has 0 fully saturated rings. The fourth-order valence-corrected chi connectivity index (χ4v) is 5.06. The first kappa shape index (κ1) is 21.5. The number of benzene rings is 2. The number of thioether (sulfide) groups is 1. The Morgan fingerprint density at radius 2 is 1.97 bits per heavy atom. The van der Waals surface area contributed by atoms with Crippen LogP contribution in [0.4, 0.5) is 0 Å². The number of rotatable bonds is 6. The molecule has 156 valence electrons. The average molecular weight is 513 g/mol. The molecule has 4 aromatic rings. The maximum atomic E-state index is 13.3. The van der Waals surface area contributed by atoms with Gasteiger partial charge in [0.15, 0.2) is 5.16 Å². The first-order valence-electron chi connectivity index (χ1n) is 9.31. The van der Waals surface area contributed by atoms with Crippen molar-refractivity contribution < 1.29 is 4.79 Å². The Morgan fingerprint density at radius 3 is 2.74 bits per heavy atom. The number of aromatic nitrogens is 2. The van der Waals surface area contributed by atoms with Gasteiger partial charge in [-0.15, -0.1) is 11.3 Å². The van der Waals surface area contributed by atoms with Gasteiger partial charge in [0.2, 0.25) is 0 Å². The number of nitrogens with one attached hydrogen (secondary N) is 1. The zero-order valence-corrected chi connectivity index (χ0v) is 19.6. The molecule has 9 heteroatoms. The Balaban J connectivity index is 1.60. The van der Waals surface area contributed by atoms with Crippen molar-refractivity contribution in [3.05, 3.63) is 85.2 Å². The molecule has 0 spiro atoms. The average Bonchev–Trinajstić information content (AvgIpc) is 3.18. The Hall–Kier alpha value is -2.75. The van der Waals surface area contributed by atoms with Crippen LogP contribution in [0.15, 0.2) is 79.5 Å². The van der Waals surface area contributed by atoms with Gasteiger partial charge in [-0.05, 0) is 58.7 Å². The molecule has 2 aromatic carbocycles. The molecule has 0 radical (unpaired) electrons. The van der Waals surface area contributed by atoms with Gasteiger partial charge in [-0.3, -0.25) is 14.2 Å². The van der Waals surface area contributed by atoms with E-state index in [0.717, 1.165) is 19.9 Å². The van der Waals surface area contributed by atoms with Crippen molar-refractivity contribution in [2.75, 3.05) is 5.75 Å². The fraction of sp³-hybridized carbons (Fsp3) is 0.0909. The lowest BCUT2D eigenvalue weighted by Crippen LogP contribution is -2.24. The van der Waals surface area contributed by atoms with Crippen LogP contribution in [-0.4, -0.2) is 27.4 Å². The zero-order chi connectivity index (χ0) is 21.8. The molecule has 2 heterocycles. The summed E-state index contributed by atoms with van der Waals surface area (Å²) in [5.41, 5.74) is 4.64. The molecule has 31 heavy (non-hydrogen) atoms. The summed E-state index contributed by atoms with van der Waals surface area (Å²) in [5.74, 6) is -0.210. The molecule has 4 rings (SSSR count). The molecule has 0 atom stereocenters. The molecule has 1 N–H and O–H groups in total. The number of hydrogen-bond donors (Lipinski definition) is 1. The lowest BCUT2D eigenvalue weighted by atomic mass is 10.2. The Bertz CT molecular complexity index is 1350. The largest absolute Gasteiger partial charge is 0.272 e. The highest BCUT2D eigenvalue weighted by Crippen LogP contribution is 2.23. The summed E-state index contributed by atoms with van der Waals surface area (Å²) < 4.78 is 2.56. The number of amides is 1. The molecular formula is C22H17BrN4O2S2. The topological polar surface area (TPSA) is 76.3 Å². The molecule has 6 nitrogen and oxygen atoms in total. The van der Waals surface area contributed by atoms with Crippen molar-refractivity contribution in [3.63, 3.8) is 0 Å². The number of aryl methyl sites for hydroxylation is 1. The van der Waals surface area contributed by atoms with Crippen LogP contribution in [0.1, 0.15) is 10.4 Å². The van der Waals surface area contributed by atoms with E-state index in [1.807, 2.05) is 55.5 Å². The minimum absolute atomic E-state index is 0.0716. The number of hydrogen-bond acceptors (Lipinski definition) is 6. The molecule has 0 aliphatic carbocycles. The van der Waals surface area contributed by atoms with Crippen molar-refractivity contribution in [1.82, 2.24) is 15.0 Å². The highest BCUT2D eigenvalue weighted by molar-refractivity contribution is 9.11. The smallest absolute Gasteiger partial charge is 0.266 e. The number of halogens is 1. The van der Waals surface area contributed by atoms with Crippen LogP contribution >= 0.6 is 39.0 Å². The van der Waals surface area contributed by atoms with Crippen molar-refractivity contribution in [1.29, 1.82) is 0 Å². The van der Waals surface area contributed by atoms with Gasteiger partial charge in [-0.25, -0.2) is 10.4 Å². The summed E-state index contributed by atoms with van der Waals surface area (Å²) in [4.78, 5) is 31.1. The monoisotopic (exact) mass is 512 g/mol. The maximum Gasteiger partial charge on any atom is 0.266 e. The minimum Gasteiger partial charge on any atom is -0.272 e. The molecule has 2 aromatic heterocycles. The Morgan fingerprint density at radius 1 is 1.19 bits per heavy atom. The molecule has 0 saturated heterocycles. The fourth-order valence-electron chi connectivity index (χ4n) is 2.96. The SMILES string of the molecule is Cc1ccccc1-n1c(SCC(=O)N/N=C\c2ccc(Br)s2)nc2ccccc2c1=O. The van der Waals surface area contributed by atoms with E-state index in [-0.39, 0.29) is 17.2 Å². The summed E-state index contributed by atoms with van der Waals surface area (Å²) in [6.07, 6.45) is 1.59. The van der Waals surface area contributed by atoms with E-state index in [4.69, 9.17) is 0 Å². The van der Waals surface area contributed by atoms with Crippen LogP contribution in [0.2, 0.25) is 0 Å². The van der Waals surface area contributed by atoms with Gasteiger partial charge in [0.25, 0.3) is 11.5 Å². The van der Waals surface area contributed by atoms with Crippen LogP contribution in [0.25, 0.3) is 16.6 Å². The quantitative estimate of drug-likeness (QED) is 0.175. The number of nitrogens with zero attached hydrogens (tertiary/aromatic N) is 3. The molecule has 0 aliphatic heterocycles. The third kappa shape index (κ3) is 4.95. The van der Waals surface area contributed by atoms with E-state index < -0.39 is 0 Å². The molecule has 0 bridgehead atoms. The van der Waals surface area contributed by atoms with E-state index in [0.29, 0.717) is 16.1 Å². The predicted molar refractivity (Wildman–Crippen MR) is 131 cm³/mol. The van der Waals surface area contributed by atoms with Crippen molar-refractivity contribution in [2.45, 2.75) is 12.1 Å². The van der Waals surface area contributed by atoms with Gasteiger partial charge < -0.3 is 0 Å². The normalized spacial score (nSPS) is 11.3. The summed E-state index contributed by atoms with van der Waals surface area (Å²) >= 11 is 6.10. The third-order valence-electron chi connectivity index (χ3n) is 4.41. The highest BCUT2D eigenvalue weighted by atomic mass is 79.9. The van der Waals surface area contributed by atoms with Crippen LogP contribution in [0.5, 0.6) is 0 Å². The van der Waals surface area contributed by atoms with Gasteiger partial charge in [0.1, 0.15) is 0 Å². The second kappa shape index (κ2) is 9.59. The first-order valence-corrected chi connectivity index (χ1v) is 11.9. The van der Waals surface area contributed by atoms with Crippen LogP contribution in [0, 0.1) is 6.92 Å². The molecule has 0 saturated carbocycles. The van der Waals surface area contributed by atoms with Gasteiger partial charge >= 0.3 is 0 Å². The van der Waals surface area contributed by atoms with Gasteiger partial charge in [-0.2, -0.15) is 5.10 Å². The van der Waals surface area contributed by atoms with E-state index in [9.17, 15) is 9.59 Å². The van der Waals surface area contributed by atoms with Crippen LogP contribution in [0.3, 0.4) is 0 Å². The van der Waals surface area contributed by atoms with E-state index >= 15 is 0 Å². The van der Waals surface area contributed by atoms with E-state index in [2.05, 4.69) is 31.4 Å². The molecular weight excluding hydrogens is 496 g/mol. The van der Waals surface area contributed by atoms with Crippen molar-refractivity contribution >= 4 is 62.1 Å². The molecule has 0 aliphatic rings. The van der Waals surface area contributed by atoms with Gasteiger partial charge in [-0.1, -0.05) is 42.1 Å². The number of thiophene rings is 1. The zero-order valence-electron chi connectivity index (χ0n) is 16.4.